The van der Waals surface area contributed by atoms with Gasteiger partial charge in [-0.25, -0.2) is 9.97 Å². The van der Waals surface area contributed by atoms with E-state index in [1.54, 1.807) is 6.07 Å². The van der Waals surface area contributed by atoms with E-state index < -0.39 is 0 Å². The fraction of sp³-hybridized carbons (Fsp3) is 0.267. The normalized spacial score (nSPS) is 14.1. The molecular formula is C15H14BrN3O. The van der Waals surface area contributed by atoms with Crippen molar-refractivity contribution < 1.29 is 4.79 Å². The summed E-state index contributed by atoms with van der Waals surface area (Å²) in [5, 5.41) is 2.86. The van der Waals surface area contributed by atoms with Crippen molar-refractivity contribution in [3.8, 4) is 0 Å². The van der Waals surface area contributed by atoms with E-state index >= 15 is 0 Å². The molecule has 5 heteroatoms. The first-order chi connectivity index (χ1) is 9.63. The standard InChI is InChI=1S/C15H14BrN3O/c1-9-6-11(4-5-12(9)16)19-15(20)14-7-13(10-2-3-10)17-8-18-14/h4-8,10H,2-3H2,1H3,(H,19,20). The monoisotopic (exact) mass is 331 g/mol. The second kappa shape index (κ2) is 5.32. The van der Waals surface area contributed by atoms with Crippen molar-refractivity contribution in [2.45, 2.75) is 25.7 Å². The average molecular weight is 332 g/mol. The van der Waals surface area contributed by atoms with Crippen molar-refractivity contribution >= 4 is 27.5 Å². The summed E-state index contributed by atoms with van der Waals surface area (Å²) < 4.78 is 1.02. The quantitative estimate of drug-likeness (QED) is 0.933. The highest BCUT2D eigenvalue weighted by atomic mass is 79.9. The lowest BCUT2D eigenvalue weighted by Gasteiger charge is -2.07. The molecule has 0 saturated heterocycles. The molecule has 0 bridgehead atoms. The second-order valence-corrected chi connectivity index (χ2v) is 5.87. The van der Waals surface area contributed by atoms with E-state index in [-0.39, 0.29) is 5.91 Å². The Balaban J connectivity index is 1.78. The molecule has 1 aliphatic carbocycles. The van der Waals surface area contributed by atoms with E-state index in [2.05, 4.69) is 31.2 Å². The number of benzene rings is 1. The van der Waals surface area contributed by atoms with Crippen LogP contribution in [0.15, 0.2) is 35.1 Å². The topological polar surface area (TPSA) is 54.9 Å². The summed E-state index contributed by atoms with van der Waals surface area (Å²) in [7, 11) is 0. The molecule has 102 valence electrons. The lowest BCUT2D eigenvalue weighted by atomic mass is 10.2. The van der Waals surface area contributed by atoms with Crippen LogP contribution < -0.4 is 5.32 Å². The Labute approximate surface area is 125 Å². The van der Waals surface area contributed by atoms with Crippen LogP contribution in [-0.2, 0) is 0 Å². The van der Waals surface area contributed by atoms with Crippen molar-refractivity contribution in [1.29, 1.82) is 0 Å². The van der Waals surface area contributed by atoms with Crippen LogP contribution in [0.4, 0.5) is 5.69 Å². The van der Waals surface area contributed by atoms with E-state index in [4.69, 9.17) is 0 Å². The number of anilines is 1. The van der Waals surface area contributed by atoms with Gasteiger partial charge in [-0.2, -0.15) is 0 Å². The maximum absolute atomic E-state index is 12.2. The molecule has 1 fully saturated rings. The summed E-state index contributed by atoms with van der Waals surface area (Å²) in [4.78, 5) is 20.5. The van der Waals surface area contributed by atoms with Gasteiger partial charge >= 0.3 is 0 Å². The number of aromatic nitrogens is 2. The van der Waals surface area contributed by atoms with E-state index in [0.717, 1.165) is 34.3 Å². The molecule has 1 heterocycles. The molecule has 1 saturated carbocycles. The first kappa shape index (κ1) is 13.2. The van der Waals surface area contributed by atoms with Gasteiger partial charge in [-0.3, -0.25) is 4.79 Å². The zero-order chi connectivity index (χ0) is 14.1. The summed E-state index contributed by atoms with van der Waals surface area (Å²) in [6.45, 7) is 1.98. The van der Waals surface area contributed by atoms with E-state index in [9.17, 15) is 4.79 Å². The number of rotatable bonds is 3. The van der Waals surface area contributed by atoms with Gasteiger partial charge in [-0.15, -0.1) is 0 Å². The minimum absolute atomic E-state index is 0.198. The number of hydrogen-bond acceptors (Lipinski definition) is 3. The Kier molecular flexibility index (Phi) is 3.53. The molecule has 20 heavy (non-hydrogen) atoms. The van der Waals surface area contributed by atoms with Crippen LogP contribution in [0.5, 0.6) is 0 Å². The summed E-state index contributed by atoms with van der Waals surface area (Å²) >= 11 is 3.44. The second-order valence-electron chi connectivity index (χ2n) is 5.02. The van der Waals surface area contributed by atoms with Crippen LogP contribution in [0.2, 0.25) is 0 Å². The Bertz CT molecular complexity index is 668. The Hall–Kier alpha value is -1.75. The van der Waals surface area contributed by atoms with Gasteiger partial charge in [0.15, 0.2) is 0 Å². The predicted octanol–water partition coefficient (Wildman–Crippen LogP) is 3.68. The zero-order valence-electron chi connectivity index (χ0n) is 11.1. The lowest BCUT2D eigenvalue weighted by Crippen LogP contribution is -2.14. The fourth-order valence-electron chi connectivity index (χ4n) is 2.02. The summed E-state index contributed by atoms with van der Waals surface area (Å²) in [6, 6.07) is 7.49. The highest BCUT2D eigenvalue weighted by Crippen LogP contribution is 2.38. The number of hydrogen-bond donors (Lipinski definition) is 1. The van der Waals surface area contributed by atoms with Crippen LogP contribution >= 0.6 is 15.9 Å². The van der Waals surface area contributed by atoms with Gasteiger partial charge in [0.05, 0.1) is 0 Å². The number of carbonyl (C=O) groups excluding carboxylic acids is 1. The molecule has 1 aromatic carbocycles. The Morgan fingerprint density at radius 1 is 1.30 bits per heavy atom. The van der Waals surface area contributed by atoms with E-state index in [1.165, 1.54) is 6.33 Å². The fourth-order valence-corrected chi connectivity index (χ4v) is 2.26. The molecule has 0 radical (unpaired) electrons. The molecule has 1 amide bonds. The molecule has 4 nitrogen and oxygen atoms in total. The minimum Gasteiger partial charge on any atom is -0.321 e. The molecular weight excluding hydrogens is 318 g/mol. The third kappa shape index (κ3) is 2.88. The third-order valence-corrected chi connectivity index (χ3v) is 4.22. The molecule has 1 N–H and O–H groups in total. The molecule has 1 aliphatic rings. The smallest absolute Gasteiger partial charge is 0.274 e. The van der Waals surface area contributed by atoms with E-state index in [0.29, 0.717) is 11.6 Å². The Morgan fingerprint density at radius 2 is 2.10 bits per heavy atom. The van der Waals surface area contributed by atoms with Crippen molar-refractivity contribution in [1.82, 2.24) is 9.97 Å². The first-order valence-electron chi connectivity index (χ1n) is 6.53. The first-order valence-corrected chi connectivity index (χ1v) is 7.32. The molecule has 0 aliphatic heterocycles. The Morgan fingerprint density at radius 3 is 2.80 bits per heavy atom. The number of nitrogens with zero attached hydrogens (tertiary/aromatic N) is 2. The molecule has 2 aromatic rings. The highest BCUT2D eigenvalue weighted by molar-refractivity contribution is 9.10. The predicted molar refractivity (Wildman–Crippen MR) is 80.8 cm³/mol. The van der Waals surface area contributed by atoms with Gasteiger partial charge in [-0.05, 0) is 49.6 Å². The maximum Gasteiger partial charge on any atom is 0.274 e. The van der Waals surface area contributed by atoms with Crippen LogP contribution in [-0.4, -0.2) is 15.9 Å². The van der Waals surface area contributed by atoms with Gasteiger partial charge in [0.25, 0.3) is 5.91 Å². The molecule has 1 aromatic heterocycles. The number of nitrogens with one attached hydrogen (secondary N) is 1. The van der Waals surface area contributed by atoms with Crippen molar-refractivity contribution in [2.24, 2.45) is 0 Å². The summed E-state index contributed by atoms with van der Waals surface area (Å²) in [5.74, 6) is 0.315. The average Bonchev–Trinajstić information content (AvgIpc) is 3.28. The van der Waals surface area contributed by atoms with Crippen LogP contribution in [0.3, 0.4) is 0 Å². The number of aryl methyl sites for hydroxylation is 1. The number of amides is 1. The van der Waals surface area contributed by atoms with Crippen LogP contribution in [0.25, 0.3) is 0 Å². The van der Waals surface area contributed by atoms with Gasteiger partial charge in [0.2, 0.25) is 0 Å². The van der Waals surface area contributed by atoms with Gasteiger partial charge in [0, 0.05) is 21.8 Å². The maximum atomic E-state index is 12.2. The van der Waals surface area contributed by atoms with Crippen LogP contribution in [0.1, 0.15) is 40.5 Å². The zero-order valence-corrected chi connectivity index (χ0v) is 12.6. The van der Waals surface area contributed by atoms with Crippen LogP contribution in [0, 0.1) is 6.92 Å². The number of carbonyl (C=O) groups is 1. The SMILES string of the molecule is Cc1cc(NC(=O)c2cc(C3CC3)ncn2)ccc1Br. The largest absolute Gasteiger partial charge is 0.321 e. The summed E-state index contributed by atoms with van der Waals surface area (Å²) in [5.41, 5.74) is 3.23. The summed E-state index contributed by atoms with van der Waals surface area (Å²) in [6.07, 6.45) is 3.78. The molecule has 3 rings (SSSR count). The molecule has 0 unspecified atom stereocenters. The lowest BCUT2D eigenvalue weighted by molar-refractivity contribution is 0.102. The highest BCUT2D eigenvalue weighted by Gasteiger charge is 2.25. The molecule has 0 atom stereocenters. The number of halogens is 1. The van der Waals surface area contributed by atoms with Gasteiger partial charge in [0.1, 0.15) is 12.0 Å². The van der Waals surface area contributed by atoms with Crippen molar-refractivity contribution in [3.05, 3.63) is 52.0 Å². The van der Waals surface area contributed by atoms with Crippen molar-refractivity contribution in [3.63, 3.8) is 0 Å². The van der Waals surface area contributed by atoms with Crippen molar-refractivity contribution in [2.75, 3.05) is 5.32 Å². The van der Waals surface area contributed by atoms with Gasteiger partial charge in [-0.1, -0.05) is 15.9 Å². The molecule has 0 spiro atoms. The van der Waals surface area contributed by atoms with E-state index in [1.807, 2.05) is 25.1 Å². The third-order valence-electron chi connectivity index (χ3n) is 3.33. The minimum atomic E-state index is -0.198. The van der Waals surface area contributed by atoms with Gasteiger partial charge < -0.3 is 5.32 Å².